The Labute approximate surface area is 98.5 Å². The molecule has 0 unspecified atom stereocenters. The molecule has 1 nitrogen and oxygen atoms in total. The molecule has 14 heavy (non-hydrogen) atoms. The van der Waals surface area contributed by atoms with E-state index in [4.69, 9.17) is 16.3 Å². The quantitative estimate of drug-likeness (QED) is 0.748. The Hall–Kier alpha value is -0.0500. The lowest BCUT2D eigenvalue weighted by Gasteiger charge is -2.13. The van der Waals surface area contributed by atoms with E-state index < -0.39 is 0 Å². The van der Waals surface area contributed by atoms with Crippen LogP contribution in [0.3, 0.4) is 0 Å². The second-order valence-corrected chi connectivity index (χ2v) is 4.12. The van der Waals surface area contributed by atoms with E-state index in [0.29, 0.717) is 12.5 Å². The zero-order valence-electron chi connectivity index (χ0n) is 8.17. The largest absolute Gasteiger partial charge is 0.371 e. The summed E-state index contributed by atoms with van der Waals surface area (Å²) in [5, 5.41) is 0.780. The second-order valence-electron chi connectivity index (χ2n) is 3.17. The van der Waals surface area contributed by atoms with Crippen LogP contribution in [0.15, 0.2) is 24.3 Å². The molecule has 0 aliphatic rings. The van der Waals surface area contributed by atoms with Crippen LogP contribution in [0.2, 0.25) is 0 Å². The van der Waals surface area contributed by atoms with Crippen molar-refractivity contribution < 1.29 is 4.74 Å². The molecule has 3 heteroatoms. The molecule has 0 aromatic heterocycles. The Balaban J connectivity index is 2.49. The van der Waals surface area contributed by atoms with E-state index >= 15 is 0 Å². The van der Waals surface area contributed by atoms with Crippen LogP contribution in [0, 0.1) is 6.92 Å². The standard InChI is InChI=1S/C11H14BrClO/c1-9-4-2-3-5-10(9)8-14-11(6-12)7-13/h2-5,11H,6-8H2,1H3/t11-/m1/s1. The summed E-state index contributed by atoms with van der Waals surface area (Å²) < 4.78 is 5.63. The van der Waals surface area contributed by atoms with Gasteiger partial charge < -0.3 is 4.74 Å². The first-order valence-corrected chi connectivity index (χ1v) is 6.21. The van der Waals surface area contributed by atoms with Crippen LogP contribution in [0.4, 0.5) is 0 Å². The molecule has 0 aliphatic heterocycles. The Kier molecular flexibility index (Phi) is 5.53. The molecule has 1 aromatic carbocycles. The number of aryl methyl sites for hydroxylation is 1. The van der Waals surface area contributed by atoms with E-state index in [9.17, 15) is 0 Å². The molecule has 0 bridgehead atoms. The number of hydrogen-bond donors (Lipinski definition) is 0. The fraction of sp³-hybridized carbons (Fsp3) is 0.455. The molecule has 0 saturated carbocycles. The smallest absolute Gasteiger partial charge is 0.0811 e. The zero-order valence-corrected chi connectivity index (χ0v) is 10.5. The number of halogens is 2. The predicted octanol–water partition coefficient (Wildman–Crippen LogP) is 3.51. The van der Waals surface area contributed by atoms with Gasteiger partial charge in [-0.15, -0.1) is 11.6 Å². The number of hydrogen-bond acceptors (Lipinski definition) is 1. The Morgan fingerprint density at radius 1 is 1.43 bits per heavy atom. The van der Waals surface area contributed by atoms with Gasteiger partial charge >= 0.3 is 0 Å². The molecule has 0 amide bonds. The Morgan fingerprint density at radius 2 is 2.14 bits per heavy atom. The summed E-state index contributed by atoms with van der Waals surface area (Å²) in [6.07, 6.45) is 0.0938. The van der Waals surface area contributed by atoms with Gasteiger partial charge in [0.15, 0.2) is 0 Å². The molecule has 0 spiro atoms. The van der Waals surface area contributed by atoms with E-state index in [1.165, 1.54) is 11.1 Å². The summed E-state index contributed by atoms with van der Waals surface area (Å²) in [7, 11) is 0. The molecule has 0 fully saturated rings. The molecule has 0 saturated heterocycles. The summed E-state index contributed by atoms with van der Waals surface area (Å²) in [6.45, 7) is 2.72. The molecule has 1 rings (SSSR count). The van der Waals surface area contributed by atoms with Gasteiger partial charge in [-0.05, 0) is 18.1 Å². The zero-order chi connectivity index (χ0) is 10.4. The summed E-state index contributed by atoms with van der Waals surface area (Å²) in [5.74, 6) is 0.525. The lowest BCUT2D eigenvalue weighted by atomic mass is 10.1. The van der Waals surface area contributed by atoms with Crippen LogP contribution >= 0.6 is 27.5 Å². The maximum atomic E-state index is 5.72. The van der Waals surface area contributed by atoms with Crippen LogP contribution < -0.4 is 0 Å². The van der Waals surface area contributed by atoms with Crippen molar-refractivity contribution in [2.24, 2.45) is 0 Å². The van der Waals surface area contributed by atoms with E-state index in [1.807, 2.05) is 12.1 Å². The van der Waals surface area contributed by atoms with E-state index in [2.05, 4.69) is 35.0 Å². The minimum absolute atomic E-state index is 0.0938. The van der Waals surface area contributed by atoms with Gasteiger partial charge in [0.1, 0.15) is 0 Å². The molecule has 78 valence electrons. The van der Waals surface area contributed by atoms with Crippen molar-refractivity contribution >= 4 is 27.5 Å². The minimum Gasteiger partial charge on any atom is -0.371 e. The highest BCUT2D eigenvalue weighted by molar-refractivity contribution is 9.09. The third kappa shape index (κ3) is 3.60. The van der Waals surface area contributed by atoms with Gasteiger partial charge in [-0.2, -0.15) is 0 Å². The molecular weight excluding hydrogens is 263 g/mol. The Morgan fingerprint density at radius 3 is 2.71 bits per heavy atom. The number of alkyl halides is 2. The van der Waals surface area contributed by atoms with Crippen molar-refractivity contribution in [1.29, 1.82) is 0 Å². The highest BCUT2D eigenvalue weighted by Gasteiger charge is 2.06. The lowest BCUT2D eigenvalue weighted by molar-refractivity contribution is 0.0714. The maximum absolute atomic E-state index is 5.72. The summed E-state index contributed by atoms with van der Waals surface area (Å²) in [6, 6.07) is 8.22. The van der Waals surface area contributed by atoms with Gasteiger partial charge in [0.25, 0.3) is 0 Å². The summed E-state index contributed by atoms with van der Waals surface area (Å²) in [4.78, 5) is 0. The average molecular weight is 278 g/mol. The lowest BCUT2D eigenvalue weighted by Crippen LogP contribution is -2.16. The first kappa shape index (κ1) is 12.0. The van der Waals surface area contributed by atoms with Crippen LogP contribution in [-0.4, -0.2) is 17.3 Å². The molecule has 0 aliphatic carbocycles. The van der Waals surface area contributed by atoms with Gasteiger partial charge in [0.2, 0.25) is 0 Å². The maximum Gasteiger partial charge on any atom is 0.0811 e. The van der Waals surface area contributed by atoms with Crippen molar-refractivity contribution in [3.63, 3.8) is 0 Å². The van der Waals surface area contributed by atoms with Crippen LogP contribution in [0.1, 0.15) is 11.1 Å². The fourth-order valence-corrected chi connectivity index (χ4v) is 1.99. The van der Waals surface area contributed by atoms with E-state index in [-0.39, 0.29) is 6.10 Å². The van der Waals surface area contributed by atoms with Gasteiger partial charge in [0.05, 0.1) is 12.7 Å². The van der Waals surface area contributed by atoms with E-state index in [0.717, 1.165) is 5.33 Å². The van der Waals surface area contributed by atoms with Crippen molar-refractivity contribution in [2.75, 3.05) is 11.2 Å². The molecule has 0 N–H and O–H groups in total. The molecule has 1 aromatic rings. The number of ether oxygens (including phenoxy) is 1. The topological polar surface area (TPSA) is 9.23 Å². The van der Waals surface area contributed by atoms with Crippen LogP contribution in [0.25, 0.3) is 0 Å². The average Bonchev–Trinajstić information content (AvgIpc) is 2.22. The van der Waals surface area contributed by atoms with Crippen molar-refractivity contribution in [3.05, 3.63) is 35.4 Å². The highest BCUT2D eigenvalue weighted by Crippen LogP contribution is 2.10. The monoisotopic (exact) mass is 276 g/mol. The first-order chi connectivity index (χ1) is 6.77. The predicted molar refractivity (Wildman–Crippen MR) is 64.3 cm³/mol. The van der Waals surface area contributed by atoms with Gasteiger partial charge in [0, 0.05) is 11.2 Å². The van der Waals surface area contributed by atoms with Crippen molar-refractivity contribution in [3.8, 4) is 0 Å². The fourth-order valence-electron chi connectivity index (χ4n) is 1.11. The van der Waals surface area contributed by atoms with Gasteiger partial charge in [-0.3, -0.25) is 0 Å². The Bertz CT molecular complexity index is 274. The second kappa shape index (κ2) is 6.44. The van der Waals surface area contributed by atoms with Gasteiger partial charge in [-0.1, -0.05) is 40.2 Å². The van der Waals surface area contributed by atoms with Crippen LogP contribution in [-0.2, 0) is 11.3 Å². The normalized spacial score (nSPS) is 12.8. The molecule has 1 atom stereocenters. The molecule has 0 heterocycles. The van der Waals surface area contributed by atoms with Gasteiger partial charge in [-0.25, -0.2) is 0 Å². The highest BCUT2D eigenvalue weighted by atomic mass is 79.9. The molecule has 0 radical (unpaired) electrons. The third-order valence-corrected chi connectivity index (χ3v) is 3.15. The van der Waals surface area contributed by atoms with E-state index in [1.54, 1.807) is 0 Å². The molecular formula is C11H14BrClO. The van der Waals surface area contributed by atoms with Crippen molar-refractivity contribution in [2.45, 2.75) is 19.6 Å². The first-order valence-electron chi connectivity index (χ1n) is 4.56. The minimum atomic E-state index is 0.0938. The SMILES string of the molecule is Cc1ccccc1CO[C@@H](CCl)CBr. The third-order valence-electron chi connectivity index (χ3n) is 2.08. The summed E-state index contributed by atoms with van der Waals surface area (Å²) in [5.41, 5.74) is 2.49. The van der Waals surface area contributed by atoms with Crippen molar-refractivity contribution in [1.82, 2.24) is 0 Å². The number of rotatable bonds is 5. The summed E-state index contributed by atoms with van der Waals surface area (Å²) >= 11 is 9.08. The van der Waals surface area contributed by atoms with Crippen LogP contribution in [0.5, 0.6) is 0 Å². The number of benzene rings is 1.